The van der Waals surface area contributed by atoms with Crippen LogP contribution in [0.2, 0.25) is 0 Å². The summed E-state index contributed by atoms with van der Waals surface area (Å²) in [4.78, 5) is 50.9. The molecule has 2 rings (SSSR count). The van der Waals surface area contributed by atoms with Gasteiger partial charge in [-0.15, -0.1) is 0 Å². The summed E-state index contributed by atoms with van der Waals surface area (Å²) in [5.41, 5.74) is 0.549. The Balaban J connectivity index is 2.15. The highest BCUT2D eigenvalue weighted by Gasteiger charge is 2.49. The van der Waals surface area contributed by atoms with Crippen molar-refractivity contribution in [2.24, 2.45) is 0 Å². The second kappa shape index (κ2) is 7.77. The minimum absolute atomic E-state index is 0.146. The summed E-state index contributed by atoms with van der Waals surface area (Å²) < 4.78 is 0. The molecule has 1 atom stereocenters. The van der Waals surface area contributed by atoms with Crippen LogP contribution >= 0.6 is 0 Å². The molecule has 0 spiro atoms. The van der Waals surface area contributed by atoms with E-state index in [1.54, 1.807) is 6.92 Å². The molecule has 1 aromatic carbocycles. The van der Waals surface area contributed by atoms with E-state index in [4.69, 9.17) is 0 Å². The monoisotopic (exact) mass is 374 g/mol. The first-order valence-electron chi connectivity index (χ1n) is 8.79. The van der Waals surface area contributed by atoms with Crippen LogP contribution in [0, 0.1) is 0 Å². The van der Waals surface area contributed by atoms with E-state index in [1.807, 2.05) is 24.3 Å². The van der Waals surface area contributed by atoms with Gasteiger partial charge in [0.25, 0.3) is 5.91 Å². The average Bonchev–Trinajstić information content (AvgIpc) is 2.85. The first-order chi connectivity index (χ1) is 12.6. The molecule has 27 heavy (non-hydrogen) atoms. The number of nitrogens with zero attached hydrogens (tertiary/aromatic N) is 2. The number of likely N-dealkylation sites (N-methyl/N-ethyl adjacent to an activating group) is 2. The Morgan fingerprint density at radius 3 is 2.33 bits per heavy atom. The number of benzene rings is 1. The van der Waals surface area contributed by atoms with Gasteiger partial charge >= 0.3 is 6.03 Å². The molecule has 1 aliphatic heterocycles. The molecule has 5 amide bonds. The fourth-order valence-corrected chi connectivity index (χ4v) is 2.88. The highest BCUT2D eigenvalue weighted by atomic mass is 16.2. The number of carbonyl (C=O) groups excluding carboxylic acids is 4. The van der Waals surface area contributed by atoms with Gasteiger partial charge in [0.05, 0.1) is 6.54 Å². The Hall–Kier alpha value is -2.90. The SMILES string of the molecule is CNC(=O)CN(C)C(=O)CN1C(=O)N[C@](C)(c2ccc(C(C)C)cc2)C1=O. The topological polar surface area (TPSA) is 98.8 Å². The number of hydrogen-bond donors (Lipinski definition) is 2. The van der Waals surface area contributed by atoms with Gasteiger partial charge in [0.15, 0.2) is 0 Å². The second-order valence-electron chi connectivity index (χ2n) is 7.15. The van der Waals surface area contributed by atoms with Crippen molar-refractivity contribution in [2.75, 3.05) is 27.2 Å². The van der Waals surface area contributed by atoms with Crippen molar-refractivity contribution in [1.82, 2.24) is 20.4 Å². The maximum absolute atomic E-state index is 12.9. The van der Waals surface area contributed by atoms with E-state index >= 15 is 0 Å². The summed E-state index contributed by atoms with van der Waals surface area (Å²) in [6.07, 6.45) is 0. The molecule has 0 aromatic heterocycles. The van der Waals surface area contributed by atoms with Crippen LogP contribution in [-0.4, -0.2) is 60.7 Å². The molecule has 2 N–H and O–H groups in total. The molecular formula is C19H26N4O4. The Morgan fingerprint density at radius 2 is 1.81 bits per heavy atom. The zero-order valence-corrected chi connectivity index (χ0v) is 16.3. The van der Waals surface area contributed by atoms with Crippen molar-refractivity contribution in [3.05, 3.63) is 35.4 Å². The lowest BCUT2D eigenvalue weighted by Gasteiger charge is -2.23. The highest BCUT2D eigenvalue weighted by molar-refractivity contribution is 6.09. The van der Waals surface area contributed by atoms with Crippen molar-refractivity contribution >= 4 is 23.8 Å². The Kier molecular flexibility index (Phi) is 5.88. The number of urea groups is 1. The van der Waals surface area contributed by atoms with Gasteiger partial charge in [-0.1, -0.05) is 38.1 Å². The Labute approximate surface area is 158 Å². The zero-order valence-electron chi connectivity index (χ0n) is 16.3. The van der Waals surface area contributed by atoms with Crippen LogP contribution in [0.5, 0.6) is 0 Å². The van der Waals surface area contributed by atoms with Gasteiger partial charge in [0, 0.05) is 14.1 Å². The van der Waals surface area contributed by atoms with Crippen LogP contribution in [0.3, 0.4) is 0 Å². The van der Waals surface area contributed by atoms with Gasteiger partial charge in [0.2, 0.25) is 11.8 Å². The standard InChI is InChI=1S/C19H26N4O4/c1-12(2)13-6-8-14(9-7-13)19(3)17(26)23(18(27)21-19)11-16(25)22(5)10-15(24)20-4/h6-9,12H,10-11H2,1-5H3,(H,20,24)(H,21,27)/t19-/m1/s1. The molecular weight excluding hydrogens is 348 g/mol. The van der Waals surface area contributed by atoms with Crippen molar-refractivity contribution in [3.8, 4) is 0 Å². The van der Waals surface area contributed by atoms with Crippen LogP contribution in [0.4, 0.5) is 4.79 Å². The summed E-state index contributed by atoms with van der Waals surface area (Å²) in [5.74, 6) is -0.975. The summed E-state index contributed by atoms with van der Waals surface area (Å²) >= 11 is 0. The van der Waals surface area contributed by atoms with Crippen LogP contribution < -0.4 is 10.6 Å². The lowest BCUT2D eigenvalue weighted by molar-refractivity contribution is -0.139. The lowest BCUT2D eigenvalue weighted by atomic mass is 9.90. The first kappa shape index (κ1) is 20.4. The van der Waals surface area contributed by atoms with Gasteiger partial charge < -0.3 is 15.5 Å². The molecule has 0 bridgehead atoms. The van der Waals surface area contributed by atoms with E-state index in [0.717, 1.165) is 10.5 Å². The summed E-state index contributed by atoms with van der Waals surface area (Å²) in [6.45, 7) is 5.20. The van der Waals surface area contributed by atoms with Crippen LogP contribution in [0.1, 0.15) is 37.8 Å². The van der Waals surface area contributed by atoms with Crippen molar-refractivity contribution < 1.29 is 19.2 Å². The largest absolute Gasteiger partial charge is 0.358 e. The predicted molar refractivity (Wildman–Crippen MR) is 99.8 cm³/mol. The average molecular weight is 374 g/mol. The second-order valence-corrected chi connectivity index (χ2v) is 7.15. The third-order valence-electron chi connectivity index (χ3n) is 4.81. The number of carbonyl (C=O) groups is 4. The number of hydrogen-bond acceptors (Lipinski definition) is 4. The van der Waals surface area contributed by atoms with Crippen LogP contribution in [-0.2, 0) is 19.9 Å². The van der Waals surface area contributed by atoms with Gasteiger partial charge in [0.1, 0.15) is 12.1 Å². The fourth-order valence-electron chi connectivity index (χ4n) is 2.88. The van der Waals surface area contributed by atoms with E-state index < -0.39 is 29.9 Å². The molecule has 8 nitrogen and oxygen atoms in total. The van der Waals surface area contributed by atoms with E-state index in [0.29, 0.717) is 11.5 Å². The summed E-state index contributed by atoms with van der Waals surface area (Å²) in [7, 11) is 2.91. The van der Waals surface area contributed by atoms with E-state index in [-0.39, 0.29) is 12.5 Å². The molecule has 146 valence electrons. The van der Waals surface area contributed by atoms with Gasteiger partial charge in [-0.3, -0.25) is 19.3 Å². The predicted octanol–water partition coefficient (Wildman–Crippen LogP) is 0.781. The third-order valence-corrected chi connectivity index (χ3v) is 4.81. The number of amides is 5. The highest BCUT2D eigenvalue weighted by Crippen LogP contribution is 2.29. The first-order valence-corrected chi connectivity index (χ1v) is 8.79. The van der Waals surface area contributed by atoms with Crippen LogP contribution in [0.25, 0.3) is 0 Å². The fraction of sp³-hybridized carbons (Fsp3) is 0.474. The van der Waals surface area contributed by atoms with Gasteiger partial charge in [-0.05, 0) is 24.0 Å². The molecule has 0 radical (unpaired) electrons. The van der Waals surface area contributed by atoms with E-state index in [2.05, 4.69) is 24.5 Å². The number of rotatable bonds is 6. The minimum atomic E-state index is -1.23. The normalized spacial score (nSPS) is 19.3. The van der Waals surface area contributed by atoms with E-state index in [9.17, 15) is 19.2 Å². The smallest absolute Gasteiger partial charge is 0.325 e. The molecule has 1 fully saturated rings. The maximum atomic E-state index is 12.9. The van der Waals surface area contributed by atoms with Gasteiger partial charge in [-0.25, -0.2) is 4.79 Å². The molecule has 8 heteroatoms. The molecule has 0 aliphatic carbocycles. The van der Waals surface area contributed by atoms with Crippen molar-refractivity contribution in [2.45, 2.75) is 32.2 Å². The minimum Gasteiger partial charge on any atom is -0.358 e. The number of nitrogens with one attached hydrogen (secondary N) is 2. The lowest BCUT2D eigenvalue weighted by Crippen LogP contribution is -2.45. The molecule has 1 heterocycles. The molecule has 1 aromatic rings. The van der Waals surface area contributed by atoms with Crippen molar-refractivity contribution in [1.29, 1.82) is 0 Å². The molecule has 1 saturated heterocycles. The van der Waals surface area contributed by atoms with Gasteiger partial charge in [-0.2, -0.15) is 0 Å². The Morgan fingerprint density at radius 1 is 1.22 bits per heavy atom. The number of imide groups is 1. The van der Waals surface area contributed by atoms with E-state index in [1.165, 1.54) is 19.0 Å². The third kappa shape index (κ3) is 4.10. The summed E-state index contributed by atoms with van der Waals surface area (Å²) in [6, 6.07) is 6.86. The molecule has 0 unspecified atom stereocenters. The molecule has 0 saturated carbocycles. The summed E-state index contributed by atoms with van der Waals surface area (Å²) in [5, 5.41) is 5.10. The Bertz CT molecular complexity index is 759. The molecule has 1 aliphatic rings. The van der Waals surface area contributed by atoms with Crippen LogP contribution in [0.15, 0.2) is 24.3 Å². The van der Waals surface area contributed by atoms with Crippen molar-refractivity contribution in [3.63, 3.8) is 0 Å². The maximum Gasteiger partial charge on any atom is 0.325 e. The quantitative estimate of drug-likeness (QED) is 0.719. The zero-order chi connectivity index (χ0) is 20.4.